The number of hydrogen-bond acceptors (Lipinski definition) is 1. The molecule has 0 bridgehead atoms. The van der Waals surface area contributed by atoms with Crippen molar-refractivity contribution in [2.75, 3.05) is 0 Å². The van der Waals surface area contributed by atoms with E-state index in [1.165, 1.54) is 6.07 Å². The van der Waals surface area contributed by atoms with E-state index in [0.717, 1.165) is 5.56 Å². The van der Waals surface area contributed by atoms with Crippen LogP contribution in [0.25, 0.3) is 0 Å². The van der Waals surface area contributed by atoms with Crippen molar-refractivity contribution in [1.29, 1.82) is 0 Å². The summed E-state index contributed by atoms with van der Waals surface area (Å²) in [6.07, 6.45) is 0.700. The zero-order valence-corrected chi connectivity index (χ0v) is 12.2. The molecule has 0 aromatic heterocycles. The van der Waals surface area contributed by atoms with E-state index in [1.807, 2.05) is 6.07 Å². The predicted octanol–water partition coefficient (Wildman–Crippen LogP) is 4.03. The molecule has 1 saturated carbocycles. The molecule has 0 aliphatic heterocycles. The van der Waals surface area contributed by atoms with Crippen LogP contribution in [0.4, 0.5) is 4.39 Å². The Bertz CT molecular complexity index is 454. The zero-order chi connectivity index (χ0) is 13.7. The van der Waals surface area contributed by atoms with Crippen molar-refractivity contribution in [2.45, 2.75) is 40.2 Å². The molecule has 0 radical (unpaired) electrons. The van der Waals surface area contributed by atoms with Gasteiger partial charge in [-0.05, 0) is 40.9 Å². The number of halogens is 2. The molecule has 1 aromatic carbocycles. The largest absolute Gasteiger partial charge is 0.327 e. The van der Waals surface area contributed by atoms with Crippen molar-refractivity contribution in [3.63, 3.8) is 0 Å². The Labute approximate surface area is 114 Å². The van der Waals surface area contributed by atoms with Crippen molar-refractivity contribution in [1.82, 2.24) is 0 Å². The van der Waals surface area contributed by atoms with Crippen LogP contribution in [0.15, 0.2) is 18.2 Å². The molecule has 1 nitrogen and oxygen atoms in total. The van der Waals surface area contributed by atoms with Gasteiger partial charge in [0.2, 0.25) is 0 Å². The molecule has 1 fully saturated rings. The van der Waals surface area contributed by atoms with Gasteiger partial charge >= 0.3 is 0 Å². The van der Waals surface area contributed by atoms with Crippen molar-refractivity contribution in [2.24, 2.45) is 22.5 Å². The highest BCUT2D eigenvalue weighted by Gasteiger charge is 2.66. The molecule has 1 aliphatic carbocycles. The van der Waals surface area contributed by atoms with Gasteiger partial charge in [-0.1, -0.05) is 45.4 Å². The SMILES string of the molecule is CC1(C)C(C(N)Cc2ccc(Cl)c(F)c2)C1(C)C. The van der Waals surface area contributed by atoms with Crippen LogP contribution in [-0.2, 0) is 6.42 Å². The first-order valence-corrected chi connectivity index (χ1v) is 6.75. The average Bonchev–Trinajstić information content (AvgIpc) is 2.63. The van der Waals surface area contributed by atoms with Crippen LogP contribution in [0.3, 0.4) is 0 Å². The van der Waals surface area contributed by atoms with Crippen LogP contribution >= 0.6 is 11.6 Å². The Kier molecular flexibility index (Phi) is 3.23. The Morgan fingerprint density at radius 2 is 1.83 bits per heavy atom. The normalized spacial score (nSPS) is 22.8. The van der Waals surface area contributed by atoms with Gasteiger partial charge in [0.15, 0.2) is 0 Å². The highest BCUT2D eigenvalue weighted by Crippen LogP contribution is 2.69. The number of rotatable bonds is 3. The van der Waals surface area contributed by atoms with Crippen LogP contribution in [0.2, 0.25) is 5.02 Å². The Balaban J connectivity index is 2.09. The van der Waals surface area contributed by atoms with Crippen LogP contribution < -0.4 is 5.73 Å². The second kappa shape index (κ2) is 4.21. The molecular weight excluding hydrogens is 249 g/mol. The first kappa shape index (κ1) is 13.8. The molecule has 0 spiro atoms. The summed E-state index contributed by atoms with van der Waals surface area (Å²) in [6.45, 7) is 9.00. The van der Waals surface area contributed by atoms with Crippen LogP contribution in [0.5, 0.6) is 0 Å². The standard InChI is InChI=1S/C15H21ClFN/c1-14(2)13(15(14,3)4)12(18)8-9-5-6-10(16)11(17)7-9/h5-7,12-13H,8,18H2,1-4H3. The first-order chi connectivity index (χ1) is 8.18. The third kappa shape index (κ3) is 2.06. The van der Waals surface area contributed by atoms with Gasteiger partial charge in [-0.2, -0.15) is 0 Å². The minimum Gasteiger partial charge on any atom is -0.327 e. The summed E-state index contributed by atoms with van der Waals surface area (Å²) < 4.78 is 13.4. The van der Waals surface area contributed by atoms with Gasteiger partial charge in [0.05, 0.1) is 5.02 Å². The molecule has 2 rings (SSSR count). The first-order valence-electron chi connectivity index (χ1n) is 6.37. The fourth-order valence-corrected chi connectivity index (χ4v) is 3.49. The smallest absolute Gasteiger partial charge is 0.142 e. The topological polar surface area (TPSA) is 26.0 Å². The summed E-state index contributed by atoms with van der Waals surface area (Å²) in [5.74, 6) is 0.111. The van der Waals surface area contributed by atoms with Gasteiger partial charge in [0.25, 0.3) is 0 Å². The molecule has 0 heterocycles. The van der Waals surface area contributed by atoms with Gasteiger partial charge in [-0.15, -0.1) is 0 Å². The molecule has 1 aromatic rings. The highest BCUT2D eigenvalue weighted by atomic mass is 35.5. The molecular formula is C15H21ClFN. The lowest BCUT2D eigenvalue weighted by Crippen LogP contribution is -2.28. The van der Waals surface area contributed by atoms with Gasteiger partial charge in [-0.3, -0.25) is 0 Å². The predicted molar refractivity (Wildman–Crippen MR) is 74.1 cm³/mol. The molecule has 2 N–H and O–H groups in total. The number of benzene rings is 1. The average molecular weight is 270 g/mol. The van der Waals surface area contributed by atoms with E-state index in [9.17, 15) is 4.39 Å². The van der Waals surface area contributed by atoms with Crippen LogP contribution in [-0.4, -0.2) is 6.04 Å². The molecule has 100 valence electrons. The second-order valence-corrected chi connectivity index (χ2v) is 6.94. The highest BCUT2D eigenvalue weighted by molar-refractivity contribution is 6.30. The maximum atomic E-state index is 13.4. The minimum absolute atomic E-state index is 0.0653. The molecule has 3 heteroatoms. The fourth-order valence-electron chi connectivity index (χ4n) is 3.37. The Hall–Kier alpha value is -0.600. The van der Waals surface area contributed by atoms with E-state index in [-0.39, 0.29) is 27.7 Å². The lowest BCUT2D eigenvalue weighted by Gasteiger charge is -2.14. The summed E-state index contributed by atoms with van der Waals surface area (Å²) in [7, 11) is 0. The second-order valence-electron chi connectivity index (χ2n) is 6.54. The van der Waals surface area contributed by atoms with Gasteiger partial charge in [-0.25, -0.2) is 4.39 Å². The molecule has 0 amide bonds. The summed E-state index contributed by atoms with van der Waals surface area (Å²) in [5, 5.41) is 0.166. The van der Waals surface area contributed by atoms with Gasteiger partial charge in [0, 0.05) is 6.04 Å². The van der Waals surface area contributed by atoms with E-state index in [0.29, 0.717) is 12.3 Å². The summed E-state index contributed by atoms with van der Waals surface area (Å²) in [5.41, 5.74) is 7.74. The Morgan fingerprint density at radius 3 is 2.28 bits per heavy atom. The van der Waals surface area contributed by atoms with Crippen molar-refractivity contribution in [3.05, 3.63) is 34.6 Å². The molecule has 1 atom stereocenters. The maximum Gasteiger partial charge on any atom is 0.142 e. The van der Waals surface area contributed by atoms with Crippen molar-refractivity contribution in [3.8, 4) is 0 Å². The van der Waals surface area contributed by atoms with Crippen LogP contribution in [0.1, 0.15) is 33.3 Å². The maximum absolute atomic E-state index is 13.4. The van der Waals surface area contributed by atoms with E-state index in [2.05, 4.69) is 27.7 Å². The fraction of sp³-hybridized carbons (Fsp3) is 0.600. The number of hydrogen-bond donors (Lipinski definition) is 1. The molecule has 18 heavy (non-hydrogen) atoms. The lowest BCUT2D eigenvalue weighted by molar-refractivity contribution is 0.457. The van der Waals surface area contributed by atoms with E-state index in [4.69, 9.17) is 17.3 Å². The summed E-state index contributed by atoms with van der Waals surface area (Å²) >= 11 is 5.68. The molecule has 0 saturated heterocycles. The third-order valence-electron chi connectivity index (χ3n) is 5.02. The quantitative estimate of drug-likeness (QED) is 0.881. The lowest BCUT2D eigenvalue weighted by atomic mass is 9.98. The molecule has 1 aliphatic rings. The third-order valence-corrected chi connectivity index (χ3v) is 5.32. The monoisotopic (exact) mass is 269 g/mol. The van der Waals surface area contributed by atoms with Gasteiger partial charge in [0.1, 0.15) is 5.82 Å². The number of nitrogens with two attached hydrogens (primary N) is 1. The van der Waals surface area contributed by atoms with E-state index < -0.39 is 0 Å². The summed E-state index contributed by atoms with van der Waals surface area (Å²) in [4.78, 5) is 0. The van der Waals surface area contributed by atoms with Crippen molar-refractivity contribution >= 4 is 11.6 Å². The van der Waals surface area contributed by atoms with Crippen LogP contribution in [0, 0.1) is 22.6 Å². The Morgan fingerprint density at radius 1 is 1.28 bits per heavy atom. The molecule has 1 unspecified atom stereocenters. The van der Waals surface area contributed by atoms with E-state index in [1.54, 1.807) is 6.07 Å². The van der Waals surface area contributed by atoms with Crippen molar-refractivity contribution < 1.29 is 4.39 Å². The zero-order valence-electron chi connectivity index (χ0n) is 11.4. The minimum atomic E-state index is -0.365. The van der Waals surface area contributed by atoms with Gasteiger partial charge < -0.3 is 5.73 Å². The van der Waals surface area contributed by atoms with E-state index >= 15 is 0 Å². The summed E-state index contributed by atoms with van der Waals surface area (Å²) in [6, 6.07) is 5.01.